The van der Waals surface area contributed by atoms with Gasteiger partial charge in [0.05, 0.1) is 23.3 Å². The summed E-state index contributed by atoms with van der Waals surface area (Å²) in [6.07, 6.45) is 15.7. The minimum Gasteiger partial charge on any atom is -0.385 e. The molecular weight excluding hydrogens is 635 g/mol. The Bertz CT molecular complexity index is 1880. The van der Waals surface area contributed by atoms with Gasteiger partial charge >= 0.3 is 0 Å². The molecule has 6 rings (SSSR count). The van der Waals surface area contributed by atoms with Crippen LogP contribution in [-0.2, 0) is 19.4 Å². The molecule has 276 valence electrons. The van der Waals surface area contributed by atoms with Crippen LogP contribution in [0.3, 0.4) is 0 Å². The van der Waals surface area contributed by atoms with Crippen LogP contribution in [0, 0.1) is 12.3 Å². The maximum Gasteiger partial charge on any atom is 0.0560 e. The summed E-state index contributed by atoms with van der Waals surface area (Å²) in [5.41, 5.74) is 13.1. The number of aryl methyl sites for hydroxylation is 2. The van der Waals surface area contributed by atoms with Crippen LogP contribution in [0.5, 0.6) is 0 Å². The third-order valence-corrected chi connectivity index (χ3v) is 11.7. The summed E-state index contributed by atoms with van der Waals surface area (Å²) in [6.45, 7) is 31.3. The first kappa shape index (κ1) is 37.7. The molecule has 0 bridgehead atoms. The molecule has 5 nitrogen and oxygen atoms in total. The van der Waals surface area contributed by atoms with Gasteiger partial charge < -0.3 is 14.8 Å². The molecule has 1 saturated carbocycles. The molecule has 0 spiro atoms. The van der Waals surface area contributed by atoms with Gasteiger partial charge in [-0.25, -0.2) is 0 Å². The van der Waals surface area contributed by atoms with Crippen LogP contribution in [0.4, 0.5) is 5.69 Å². The van der Waals surface area contributed by atoms with Crippen LogP contribution in [-0.4, -0.2) is 52.7 Å². The highest BCUT2D eigenvalue weighted by Crippen LogP contribution is 2.44. The van der Waals surface area contributed by atoms with Crippen LogP contribution in [0.2, 0.25) is 0 Å². The quantitative estimate of drug-likeness (QED) is 0.111. The molecule has 52 heavy (non-hydrogen) atoms. The molecule has 2 aromatic carbocycles. The molecule has 4 aromatic rings. The molecule has 2 unspecified atom stereocenters. The molecule has 3 heterocycles. The first-order valence-electron chi connectivity index (χ1n) is 19.9. The zero-order chi connectivity index (χ0) is 37.0. The van der Waals surface area contributed by atoms with Gasteiger partial charge in [0, 0.05) is 61.3 Å². The Balaban J connectivity index is 1.52. The lowest BCUT2D eigenvalue weighted by Crippen LogP contribution is -2.47. The van der Waals surface area contributed by atoms with Gasteiger partial charge in [0.1, 0.15) is 0 Å². The predicted octanol–water partition coefficient (Wildman–Crippen LogP) is 10.9. The summed E-state index contributed by atoms with van der Waals surface area (Å²) in [6, 6.07) is 17.6. The fraction of sp³-hybridized carbons (Fsp3) is 0.468. The predicted molar refractivity (Wildman–Crippen MR) is 224 cm³/mol. The average molecular weight is 698 g/mol. The maximum absolute atomic E-state index is 5.33. The first-order chi connectivity index (χ1) is 25.1. The Morgan fingerprint density at radius 3 is 2.40 bits per heavy atom. The van der Waals surface area contributed by atoms with E-state index in [-0.39, 0.29) is 11.5 Å². The Labute approximate surface area is 314 Å². The molecule has 1 aliphatic heterocycles. The van der Waals surface area contributed by atoms with Gasteiger partial charge in [0.15, 0.2) is 0 Å². The van der Waals surface area contributed by atoms with Crippen molar-refractivity contribution in [2.75, 3.05) is 31.1 Å². The van der Waals surface area contributed by atoms with Gasteiger partial charge in [-0.05, 0) is 117 Å². The smallest absolute Gasteiger partial charge is 0.0560 e. The number of anilines is 1. The van der Waals surface area contributed by atoms with E-state index in [9.17, 15) is 0 Å². The average Bonchev–Trinajstić information content (AvgIpc) is 3.96. The van der Waals surface area contributed by atoms with Crippen molar-refractivity contribution in [3.63, 3.8) is 0 Å². The number of rotatable bonds is 17. The van der Waals surface area contributed by atoms with E-state index in [1.165, 1.54) is 74.2 Å². The van der Waals surface area contributed by atoms with Crippen molar-refractivity contribution >= 4 is 16.6 Å². The van der Waals surface area contributed by atoms with Gasteiger partial charge in [-0.1, -0.05) is 76.3 Å². The number of hydrogen-bond donors (Lipinski definition) is 1. The van der Waals surface area contributed by atoms with E-state index in [4.69, 9.17) is 4.98 Å². The van der Waals surface area contributed by atoms with E-state index >= 15 is 0 Å². The SMILES string of the molecule is C=CCCC(C)(C)Cc1c(-c2cc(N3CCN(C4CC4)CC3)cnc2C(C)CC)n(CC)c2ccc(-c3cc(C)cc(CC(C=C)NC=C)c3)cc12. The molecule has 0 amide bonds. The Morgan fingerprint density at radius 1 is 0.981 bits per heavy atom. The number of nitrogens with one attached hydrogen (secondary N) is 1. The zero-order valence-corrected chi connectivity index (χ0v) is 33.0. The standard InChI is InChI=1S/C47H63N5/c1-10-15-20-47(8,9)31-43-41-29-36(37-26-33(6)25-35(27-37)28-38(12-3)48-13-4)16-19-44(41)52(14-5)46(43)42-30-40(32-49-45(42)34(7)11-2)51-23-21-50(22-24-51)39-17-18-39/h10,12-13,16,19,25-27,29-30,32,34,38-39,48H,1,3-4,11,14-15,17-18,20-24,28,31H2,2,5-9H3. The number of hydrogen-bond acceptors (Lipinski definition) is 4. The van der Waals surface area contributed by atoms with Crippen molar-refractivity contribution in [2.24, 2.45) is 5.41 Å². The van der Waals surface area contributed by atoms with Crippen molar-refractivity contribution in [1.82, 2.24) is 19.8 Å². The van der Waals surface area contributed by atoms with E-state index < -0.39 is 0 Å². The number of piperazine rings is 1. The number of allylic oxidation sites excluding steroid dienone is 1. The lowest BCUT2D eigenvalue weighted by Gasteiger charge is -2.36. The van der Waals surface area contributed by atoms with Crippen molar-refractivity contribution < 1.29 is 0 Å². The number of nitrogens with zero attached hydrogens (tertiary/aromatic N) is 4. The summed E-state index contributed by atoms with van der Waals surface area (Å²) in [7, 11) is 0. The van der Waals surface area contributed by atoms with Crippen LogP contribution in [0.15, 0.2) is 86.8 Å². The van der Waals surface area contributed by atoms with E-state index in [1.54, 1.807) is 6.20 Å². The normalized spacial score (nSPS) is 16.5. The van der Waals surface area contributed by atoms with Gasteiger partial charge in [-0.2, -0.15) is 0 Å². The van der Waals surface area contributed by atoms with Crippen molar-refractivity contribution in [2.45, 2.75) is 111 Å². The molecule has 1 saturated heterocycles. The molecule has 2 atom stereocenters. The largest absolute Gasteiger partial charge is 0.385 e. The van der Waals surface area contributed by atoms with Gasteiger partial charge in [0.25, 0.3) is 0 Å². The Morgan fingerprint density at radius 2 is 1.75 bits per heavy atom. The van der Waals surface area contributed by atoms with E-state index in [0.29, 0.717) is 5.92 Å². The maximum atomic E-state index is 5.33. The third kappa shape index (κ3) is 8.26. The molecule has 1 aliphatic carbocycles. The van der Waals surface area contributed by atoms with Crippen LogP contribution >= 0.6 is 0 Å². The van der Waals surface area contributed by atoms with Gasteiger partial charge in [-0.3, -0.25) is 9.88 Å². The molecular formula is C47H63N5. The van der Waals surface area contributed by atoms with E-state index in [1.807, 2.05) is 6.08 Å². The zero-order valence-electron chi connectivity index (χ0n) is 33.0. The van der Waals surface area contributed by atoms with Crippen molar-refractivity contribution in [1.29, 1.82) is 0 Å². The van der Waals surface area contributed by atoms with Gasteiger partial charge in [0.2, 0.25) is 0 Å². The number of fused-ring (bicyclic) bond motifs is 1. The van der Waals surface area contributed by atoms with Crippen molar-refractivity contribution in [3.8, 4) is 22.4 Å². The summed E-state index contributed by atoms with van der Waals surface area (Å²) < 4.78 is 2.59. The minimum atomic E-state index is 0.0981. The number of pyridine rings is 1. The Kier molecular flexibility index (Phi) is 11.8. The highest BCUT2D eigenvalue weighted by molar-refractivity contribution is 5.95. The monoisotopic (exact) mass is 698 g/mol. The van der Waals surface area contributed by atoms with E-state index in [2.05, 4.69) is 136 Å². The molecule has 2 aromatic heterocycles. The lowest BCUT2D eigenvalue weighted by atomic mass is 9.80. The fourth-order valence-corrected chi connectivity index (χ4v) is 8.44. The Hall–Kier alpha value is -4.09. The molecule has 0 radical (unpaired) electrons. The lowest BCUT2D eigenvalue weighted by molar-refractivity contribution is 0.248. The summed E-state index contributed by atoms with van der Waals surface area (Å²) in [4.78, 5) is 10.6. The minimum absolute atomic E-state index is 0.0981. The number of aromatic nitrogens is 2. The second kappa shape index (κ2) is 16.3. The summed E-state index contributed by atoms with van der Waals surface area (Å²) in [5, 5.41) is 4.70. The number of benzene rings is 2. The highest BCUT2D eigenvalue weighted by Gasteiger charge is 2.32. The third-order valence-electron chi connectivity index (χ3n) is 11.7. The second-order valence-electron chi connectivity index (χ2n) is 16.3. The topological polar surface area (TPSA) is 36.3 Å². The molecule has 1 N–H and O–H groups in total. The molecule has 2 aliphatic rings. The fourth-order valence-electron chi connectivity index (χ4n) is 8.44. The second-order valence-corrected chi connectivity index (χ2v) is 16.3. The molecule has 5 heteroatoms. The summed E-state index contributed by atoms with van der Waals surface area (Å²) in [5.74, 6) is 0.358. The highest BCUT2D eigenvalue weighted by atomic mass is 15.3. The van der Waals surface area contributed by atoms with Gasteiger partial charge in [-0.15, -0.1) is 13.2 Å². The van der Waals surface area contributed by atoms with Crippen LogP contribution in [0.25, 0.3) is 33.3 Å². The first-order valence-corrected chi connectivity index (χ1v) is 19.9. The van der Waals surface area contributed by atoms with Crippen LogP contribution < -0.4 is 10.2 Å². The summed E-state index contributed by atoms with van der Waals surface area (Å²) >= 11 is 0. The molecule has 2 fully saturated rings. The van der Waals surface area contributed by atoms with Crippen LogP contribution in [0.1, 0.15) is 95.0 Å². The van der Waals surface area contributed by atoms with Crippen molar-refractivity contribution in [3.05, 3.63) is 109 Å². The van der Waals surface area contributed by atoms with E-state index in [0.717, 1.165) is 70.9 Å².